The Kier molecular flexibility index (Phi) is 3.94. The first-order chi connectivity index (χ1) is 9.29. The molecule has 4 heteroatoms. The molecule has 0 aliphatic heterocycles. The lowest BCUT2D eigenvalue weighted by Gasteiger charge is -2.09. The van der Waals surface area contributed by atoms with Crippen molar-refractivity contribution < 1.29 is 4.74 Å². The van der Waals surface area contributed by atoms with Crippen molar-refractivity contribution in [3.05, 3.63) is 11.8 Å². The highest BCUT2D eigenvalue weighted by molar-refractivity contribution is 5.32. The average Bonchev–Trinajstić information content (AvgIpc) is 2.74. The van der Waals surface area contributed by atoms with Crippen LogP contribution >= 0.6 is 0 Å². The van der Waals surface area contributed by atoms with Gasteiger partial charge in [0, 0.05) is 18.3 Å². The molecule has 1 N–H and O–H groups in total. The number of ether oxygens (including phenoxy) is 1. The van der Waals surface area contributed by atoms with Crippen LogP contribution in [0.2, 0.25) is 0 Å². The van der Waals surface area contributed by atoms with Gasteiger partial charge < -0.3 is 10.1 Å². The van der Waals surface area contributed by atoms with E-state index in [0.29, 0.717) is 35.2 Å². The molecule has 1 fully saturated rings. The van der Waals surface area contributed by atoms with Gasteiger partial charge in [-0.1, -0.05) is 34.6 Å². The third-order valence-electron chi connectivity index (χ3n) is 5.07. The molecule has 2 rings (SSSR count). The van der Waals surface area contributed by atoms with Gasteiger partial charge in [-0.3, -0.25) is 0 Å². The number of hydrogen-bond donors (Lipinski definition) is 1. The predicted molar refractivity (Wildman–Crippen MR) is 82.1 cm³/mol. The number of nitrogens with zero attached hydrogens (tertiary/aromatic N) is 2. The maximum Gasteiger partial charge on any atom is 0.226 e. The van der Waals surface area contributed by atoms with Crippen molar-refractivity contribution in [2.45, 2.75) is 48.0 Å². The Morgan fingerprint density at radius 2 is 1.85 bits per heavy atom. The minimum absolute atomic E-state index is 0.380. The Labute approximate surface area is 122 Å². The molecule has 1 aliphatic rings. The van der Waals surface area contributed by atoms with Gasteiger partial charge in [0.05, 0.1) is 6.61 Å². The topological polar surface area (TPSA) is 47.0 Å². The zero-order valence-electron chi connectivity index (χ0n) is 13.6. The lowest BCUT2D eigenvalue weighted by molar-refractivity contribution is 0.305. The number of rotatable bonds is 6. The van der Waals surface area contributed by atoms with Crippen molar-refractivity contribution in [1.29, 1.82) is 0 Å². The molecule has 1 heterocycles. The Balaban J connectivity index is 1.98. The molecule has 1 aromatic rings. The molecular formula is C16H27N3O. The number of nitrogens with one attached hydrogen (secondary N) is 1. The quantitative estimate of drug-likeness (QED) is 0.862. The lowest BCUT2D eigenvalue weighted by atomic mass is 10.0. The van der Waals surface area contributed by atoms with E-state index in [1.165, 1.54) is 0 Å². The summed E-state index contributed by atoms with van der Waals surface area (Å²) < 4.78 is 5.59. The normalized spacial score (nSPS) is 19.7. The van der Waals surface area contributed by atoms with Crippen LogP contribution in [0.15, 0.2) is 6.07 Å². The first-order valence-corrected chi connectivity index (χ1v) is 7.51. The Morgan fingerprint density at radius 3 is 2.40 bits per heavy atom. The fourth-order valence-electron chi connectivity index (χ4n) is 2.94. The summed E-state index contributed by atoms with van der Waals surface area (Å²) in [6, 6.07) is 1.88. The van der Waals surface area contributed by atoms with Gasteiger partial charge in [-0.15, -0.1) is 0 Å². The molecule has 0 aromatic carbocycles. The molecule has 20 heavy (non-hydrogen) atoms. The van der Waals surface area contributed by atoms with E-state index in [0.717, 1.165) is 18.7 Å². The van der Waals surface area contributed by atoms with Crippen molar-refractivity contribution >= 4 is 5.95 Å². The minimum atomic E-state index is 0.380. The van der Waals surface area contributed by atoms with Gasteiger partial charge in [0.25, 0.3) is 0 Å². The van der Waals surface area contributed by atoms with Crippen LogP contribution in [0, 0.1) is 23.7 Å². The van der Waals surface area contributed by atoms with Crippen molar-refractivity contribution in [2.24, 2.45) is 16.7 Å². The summed E-state index contributed by atoms with van der Waals surface area (Å²) in [5.41, 5.74) is 1.69. The second-order valence-electron chi connectivity index (χ2n) is 6.90. The number of aromatic nitrogens is 2. The molecule has 4 nitrogen and oxygen atoms in total. The fraction of sp³-hybridized carbons (Fsp3) is 0.750. The van der Waals surface area contributed by atoms with Crippen molar-refractivity contribution in [2.75, 3.05) is 18.5 Å². The highest BCUT2D eigenvalue weighted by Gasteiger charge is 2.64. The number of anilines is 1. The predicted octanol–water partition coefficient (Wildman–Crippen LogP) is 3.67. The highest BCUT2D eigenvalue weighted by Crippen LogP contribution is 2.68. The average molecular weight is 277 g/mol. The Hall–Kier alpha value is -1.32. The van der Waals surface area contributed by atoms with Gasteiger partial charge in [-0.2, -0.15) is 4.98 Å². The minimum Gasteiger partial charge on any atom is -0.478 e. The van der Waals surface area contributed by atoms with E-state index in [4.69, 9.17) is 4.74 Å². The maximum atomic E-state index is 5.59. The zero-order chi connectivity index (χ0) is 15.0. The van der Waals surface area contributed by atoms with E-state index >= 15 is 0 Å². The van der Waals surface area contributed by atoms with Gasteiger partial charge >= 0.3 is 0 Å². The summed E-state index contributed by atoms with van der Waals surface area (Å²) in [5.74, 6) is 1.99. The molecule has 0 bridgehead atoms. The summed E-state index contributed by atoms with van der Waals surface area (Å²) in [6.07, 6.45) is 0.982. The summed E-state index contributed by atoms with van der Waals surface area (Å²) in [7, 11) is 0. The fourth-order valence-corrected chi connectivity index (χ4v) is 2.94. The van der Waals surface area contributed by atoms with Crippen molar-refractivity contribution in [3.8, 4) is 5.88 Å². The van der Waals surface area contributed by atoms with Crippen LogP contribution in [0.25, 0.3) is 0 Å². The smallest absolute Gasteiger partial charge is 0.226 e. The summed E-state index contributed by atoms with van der Waals surface area (Å²) >= 11 is 0. The third-order valence-corrected chi connectivity index (χ3v) is 5.07. The van der Waals surface area contributed by atoms with Crippen LogP contribution in [0.3, 0.4) is 0 Å². The van der Waals surface area contributed by atoms with Crippen LogP contribution < -0.4 is 10.1 Å². The number of aryl methyl sites for hydroxylation is 1. The van der Waals surface area contributed by atoms with E-state index in [-0.39, 0.29) is 0 Å². The van der Waals surface area contributed by atoms with Crippen LogP contribution in [0.4, 0.5) is 5.95 Å². The molecule has 0 saturated heterocycles. The van der Waals surface area contributed by atoms with E-state index in [2.05, 4.69) is 49.9 Å². The van der Waals surface area contributed by atoms with Crippen molar-refractivity contribution in [3.63, 3.8) is 0 Å². The van der Waals surface area contributed by atoms with Gasteiger partial charge in [-0.25, -0.2) is 4.98 Å². The van der Waals surface area contributed by atoms with Gasteiger partial charge in [0.15, 0.2) is 0 Å². The molecule has 1 aliphatic carbocycles. The van der Waals surface area contributed by atoms with Crippen LogP contribution in [-0.2, 0) is 0 Å². The summed E-state index contributed by atoms with van der Waals surface area (Å²) in [5, 5.41) is 3.37. The molecule has 1 saturated carbocycles. The zero-order valence-corrected chi connectivity index (χ0v) is 13.6. The lowest BCUT2D eigenvalue weighted by Crippen LogP contribution is -2.12. The van der Waals surface area contributed by atoms with E-state index in [1.54, 1.807) is 0 Å². The molecule has 112 valence electrons. The molecule has 0 unspecified atom stereocenters. The molecule has 0 radical (unpaired) electrons. The monoisotopic (exact) mass is 277 g/mol. The van der Waals surface area contributed by atoms with Gasteiger partial charge in [0.1, 0.15) is 0 Å². The first-order valence-electron chi connectivity index (χ1n) is 7.51. The van der Waals surface area contributed by atoms with Crippen molar-refractivity contribution in [1.82, 2.24) is 9.97 Å². The van der Waals surface area contributed by atoms with E-state index < -0.39 is 0 Å². The van der Waals surface area contributed by atoms with Gasteiger partial charge in [0.2, 0.25) is 11.8 Å². The molecule has 1 aromatic heterocycles. The second kappa shape index (κ2) is 5.23. The molecular weight excluding hydrogens is 250 g/mol. The van der Waals surface area contributed by atoms with Gasteiger partial charge in [-0.05, 0) is 30.1 Å². The van der Waals surface area contributed by atoms with Crippen LogP contribution in [-0.4, -0.2) is 23.1 Å². The Bertz CT molecular complexity index is 469. The Morgan fingerprint density at radius 1 is 1.20 bits per heavy atom. The molecule has 0 atom stereocenters. The first kappa shape index (κ1) is 15.1. The summed E-state index contributed by atoms with van der Waals surface area (Å²) in [4.78, 5) is 8.86. The van der Waals surface area contributed by atoms with Crippen LogP contribution in [0.5, 0.6) is 5.88 Å². The molecule has 0 spiro atoms. The van der Waals surface area contributed by atoms with E-state index in [9.17, 15) is 0 Å². The largest absolute Gasteiger partial charge is 0.478 e. The standard InChI is InChI=1S/C16H27N3O/c1-7-8-20-13-9-11(2)18-14(19-13)17-10-12-15(3,4)16(12,5)6/h9,12H,7-8,10H2,1-6H3,(H,17,18,19). The van der Waals surface area contributed by atoms with Crippen LogP contribution in [0.1, 0.15) is 46.7 Å². The third kappa shape index (κ3) is 2.74. The SMILES string of the molecule is CCCOc1cc(C)nc(NCC2C(C)(C)C2(C)C)n1. The maximum absolute atomic E-state index is 5.59. The van der Waals surface area contributed by atoms with E-state index in [1.807, 2.05) is 13.0 Å². The highest BCUT2D eigenvalue weighted by atomic mass is 16.5. The summed E-state index contributed by atoms with van der Waals surface area (Å²) in [6.45, 7) is 15.0. The number of hydrogen-bond acceptors (Lipinski definition) is 4. The second-order valence-corrected chi connectivity index (χ2v) is 6.90. The molecule has 0 amide bonds.